The SMILES string of the molecule is Cc1ccc2c(c1)C1CN(C)CCC1N2C(=O)C1CCC(C(C)(C)C)CC1. The number of likely N-dealkylation sites (tertiary alicyclic amines) is 1. The molecule has 2 unspecified atom stereocenters. The highest BCUT2D eigenvalue weighted by Gasteiger charge is 2.46. The molecule has 148 valence electrons. The fraction of sp³-hybridized carbons (Fsp3) is 0.708. The van der Waals surface area contributed by atoms with E-state index in [1.165, 1.54) is 29.7 Å². The second-order valence-corrected chi connectivity index (χ2v) is 10.4. The van der Waals surface area contributed by atoms with Crippen LogP contribution < -0.4 is 4.90 Å². The summed E-state index contributed by atoms with van der Waals surface area (Å²) >= 11 is 0. The summed E-state index contributed by atoms with van der Waals surface area (Å²) < 4.78 is 0. The molecule has 1 aromatic rings. The van der Waals surface area contributed by atoms with E-state index in [2.05, 4.69) is 62.7 Å². The van der Waals surface area contributed by atoms with Crippen LogP contribution in [0.3, 0.4) is 0 Å². The smallest absolute Gasteiger partial charge is 0.230 e. The van der Waals surface area contributed by atoms with Crippen LogP contribution in [0.25, 0.3) is 0 Å². The Balaban J connectivity index is 1.57. The molecule has 0 spiro atoms. The van der Waals surface area contributed by atoms with Crippen LogP contribution in [0, 0.1) is 24.2 Å². The number of anilines is 1. The van der Waals surface area contributed by atoms with Crippen LogP contribution >= 0.6 is 0 Å². The van der Waals surface area contributed by atoms with Crippen LogP contribution in [0.1, 0.15) is 69.9 Å². The van der Waals surface area contributed by atoms with Crippen molar-refractivity contribution in [2.45, 2.75) is 71.8 Å². The number of rotatable bonds is 1. The van der Waals surface area contributed by atoms with Crippen molar-refractivity contribution in [3.05, 3.63) is 29.3 Å². The summed E-state index contributed by atoms with van der Waals surface area (Å²) in [5, 5.41) is 0. The Morgan fingerprint density at radius 3 is 2.44 bits per heavy atom. The number of hydrogen-bond donors (Lipinski definition) is 0. The maximum Gasteiger partial charge on any atom is 0.230 e. The topological polar surface area (TPSA) is 23.6 Å². The third-order valence-electron chi connectivity index (χ3n) is 7.49. The number of fused-ring (bicyclic) bond motifs is 3. The Hall–Kier alpha value is -1.35. The fourth-order valence-electron chi connectivity index (χ4n) is 5.77. The number of amides is 1. The van der Waals surface area contributed by atoms with Crippen LogP contribution in [0.2, 0.25) is 0 Å². The van der Waals surface area contributed by atoms with E-state index in [1.54, 1.807) is 0 Å². The fourth-order valence-corrected chi connectivity index (χ4v) is 5.77. The van der Waals surface area contributed by atoms with Gasteiger partial charge in [0.2, 0.25) is 5.91 Å². The van der Waals surface area contributed by atoms with Gasteiger partial charge in [-0.2, -0.15) is 0 Å². The van der Waals surface area contributed by atoms with Gasteiger partial charge in [-0.1, -0.05) is 38.5 Å². The molecule has 1 aliphatic carbocycles. The van der Waals surface area contributed by atoms with E-state index in [0.29, 0.717) is 23.3 Å². The zero-order valence-electron chi connectivity index (χ0n) is 17.8. The molecule has 4 rings (SSSR count). The first-order chi connectivity index (χ1) is 12.8. The lowest BCUT2D eigenvalue weighted by atomic mass is 9.69. The van der Waals surface area contributed by atoms with Crippen LogP contribution in [0.4, 0.5) is 5.69 Å². The summed E-state index contributed by atoms with van der Waals surface area (Å²) in [5.74, 6) is 1.86. The second kappa shape index (κ2) is 6.92. The molecule has 3 heteroatoms. The molecule has 1 amide bonds. The molecule has 0 bridgehead atoms. The third-order valence-corrected chi connectivity index (χ3v) is 7.49. The highest BCUT2D eigenvalue weighted by atomic mass is 16.2. The Bertz CT molecular complexity index is 712. The molecule has 1 saturated carbocycles. The minimum absolute atomic E-state index is 0.219. The first-order valence-corrected chi connectivity index (χ1v) is 10.9. The molecule has 3 nitrogen and oxygen atoms in total. The molecule has 0 radical (unpaired) electrons. The summed E-state index contributed by atoms with van der Waals surface area (Å²) in [6.07, 6.45) is 5.63. The minimum Gasteiger partial charge on any atom is -0.308 e. The summed E-state index contributed by atoms with van der Waals surface area (Å²) in [6.45, 7) is 11.4. The van der Waals surface area contributed by atoms with Gasteiger partial charge < -0.3 is 9.80 Å². The zero-order valence-corrected chi connectivity index (χ0v) is 17.8. The van der Waals surface area contributed by atoms with Crippen molar-refractivity contribution in [3.8, 4) is 0 Å². The highest BCUT2D eigenvalue weighted by molar-refractivity contribution is 5.98. The van der Waals surface area contributed by atoms with E-state index in [1.807, 2.05) is 0 Å². The second-order valence-electron chi connectivity index (χ2n) is 10.4. The number of aryl methyl sites for hydroxylation is 1. The Kier molecular flexibility index (Phi) is 4.86. The highest BCUT2D eigenvalue weighted by Crippen LogP contribution is 2.47. The first kappa shape index (κ1) is 19.0. The number of benzene rings is 1. The Morgan fingerprint density at radius 1 is 1.07 bits per heavy atom. The number of carbonyl (C=O) groups is 1. The number of nitrogens with zero attached hydrogens (tertiary/aromatic N) is 2. The molecular weight excluding hydrogens is 332 g/mol. The summed E-state index contributed by atoms with van der Waals surface area (Å²) in [6, 6.07) is 7.08. The quantitative estimate of drug-likeness (QED) is 0.698. The molecular formula is C24H36N2O. The van der Waals surface area contributed by atoms with E-state index >= 15 is 0 Å². The van der Waals surface area contributed by atoms with Crippen LogP contribution in [0.15, 0.2) is 18.2 Å². The molecule has 2 atom stereocenters. The molecule has 2 fully saturated rings. The Morgan fingerprint density at radius 2 is 1.78 bits per heavy atom. The number of carbonyl (C=O) groups excluding carboxylic acids is 1. The Labute approximate surface area is 165 Å². The van der Waals surface area contributed by atoms with Gasteiger partial charge in [0.15, 0.2) is 0 Å². The predicted octanol–water partition coefficient (Wildman–Crippen LogP) is 4.98. The molecule has 2 aliphatic heterocycles. The van der Waals surface area contributed by atoms with Crippen molar-refractivity contribution in [2.75, 3.05) is 25.0 Å². The van der Waals surface area contributed by atoms with Crippen LogP contribution in [-0.4, -0.2) is 37.0 Å². The molecule has 2 heterocycles. The van der Waals surface area contributed by atoms with Crippen molar-refractivity contribution in [3.63, 3.8) is 0 Å². The van der Waals surface area contributed by atoms with Gasteiger partial charge in [-0.05, 0) is 75.6 Å². The van der Waals surface area contributed by atoms with Crippen molar-refractivity contribution < 1.29 is 4.79 Å². The average molecular weight is 369 g/mol. The van der Waals surface area contributed by atoms with Crippen molar-refractivity contribution in [1.82, 2.24) is 4.90 Å². The van der Waals surface area contributed by atoms with Gasteiger partial charge in [-0.15, -0.1) is 0 Å². The molecule has 27 heavy (non-hydrogen) atoms. The molecule has 0 aromatic heterocycles. The summed E-state index contributed by atoms with van der Waals surface area (Å²) in [4.78, 5) is 18.3. The largest absolute Gasteiger partial charge is 0.308 e. The molecule has 3 aliphatic rings. The van der Waals surface area contributed by atoms with Gasteiger partial charge in [0, 0.05) is 30.1 Å². The van der Waals surface area contributed by atoms with Crippen molar-refractivity contribution in [1.29, 1.82) is 0 Å². The standard InChI is InChI=1S/C24H36N2O/c1-16-6-11-21-19(14-16)20-15-25(5)13-12-22(20)26(21)23(27)17-7-9-18(10-8-17)24(2,3)4/h6,11,14,17-18,20,22H,7-10,12-13,15H2,1-5H3. The summed E-state index contributed by atoms with van der Waals surface area (Å²) in [7, 11) is 2.21. The zero-order chi connectivity index (χ0) is 19.3. The van der Waals surface area contributed by atoms with Crippen molar-refractivity contribution >= 4 is 11.6 Å². The summed E-state index contributed by atoms with van der Waals surface area (Å²) in [5.41, 5.74) is 4.28. The number of piperidine rings is 1. The maximum atomic E-state index is 13.7. The third kappa shape index (κ3) is 3.44. The van der Waals surface area contributed by atoms with Gasteiger partial charge in [0.25, 0.3) is 0 Å². The maximum absolute atomic E-state index is 13.7. The number of likely N-dealkylation sites (N-methyl/N-ethyl adjacent to an activating group) is 1. The van der Waals surface area contributed by atoms with E-state index in [9.17, 15) is 4.79 Å². The molecule has 0 N–H and O–H groups in total. The van der Waals surface area contributed by atoms with E-state index in [-0.39, 0.29) is 5.92 Å². The normalized spacial score (nSPS) is 31.5. The van der Waals surface area contributed by atoms with E-state index in [0.717, 1.165) is 38.3 Å². The van der Waals surface area contributed by atoms with E-state index < -0.39 is 0 Å². The van der Waals surface area contributed by atoms with Gasteiger partial charge in [0.05, 0.1) is 0 Å². The van der Waals surface area contributed by atoms with Gasteiger partial charge in [-0.25, -0.2) is 0 Å². The lowest BCUT2D eigenvalue weighted by Crippen LogP contribution is -2.49. The average Bonchev–Trinajstić information content (AvgIpc) is 2.93. The molecule has 1 aromatic carbocycles. The van der Waals surface area contributed by atoms with Gasteiger partial charge >= 0.3 is 0 Å². The van der Waals surface area contributed by atoms with Crippen molar-refractivity contribution in [2.24, 2.45) is 17.3 Å². The lowest BCUT2D eigenvalue weighted by molar-refractivity contribution is -0.124. The van der Waals surface area contributed by atoms with Crippen LogP contribution in [0.5, 0.6) is 0 Å². The van der Waals surface area contributed by atoms with E-state index in [4.69, 9.17) is 0 Å². The van der Waals surface area contributed by atoms with Crippen LogP contribution in [-0.2, 0) is 4.79 Å². The molecule has 1 saturated heterocycles. The lowest BCUT2D eigenvalue weighted by Gasteiger charge is -2.40. The first-order valence-electron chi connectivity index (χ1n) is 10.9. The minimum atomic E-state index is 0.219. The predicted molar refractivity (Wildman–Crippen MR) is 112 cm³/mol. The van der Waals surface area contributed by atoms with Gasteiger partial charge in [0.1, 0.15) is 0 Å². The monoisotopic (exact) mass is 368 g/mol. The number of hydrogen-bond acceptors (Lipinski definition) is 2. The van der Waals surface area contributed by atoms with Gasteiger partial charge in [-0.3, -0.25) is 4.79 Å².